The Labute approximate surface area is 296 Å². The summed E-state index contributed by atoms with van der Waals surface area (Å²) in [6.07, 6.45) is 1.13. The molecule has 0 bridgehead atoms. The summed E-state index contributed by atoms with van der Waals surface area (Å²) in [6.45, 7) is 9.19. The molecule has 0 aliphatic carbocycles. The molecule has 4 atom stereocenters. The van der Waals surface area contributed by atoms with Crippen LogP contribution in [0.3, 0.4) is 0 Å². The third-order valence-corrected chi connectivity index (χ3v) is 15.2. The number of halogens is 2. The number of hydrogen-bond donors (Lipinski definition) is 0. The Morgan fingerprint density at radius 1 is 0.854 bits per heavy atom. The lowest BCUT2D eigenvalue weighted by atomic mass is 9.74. The van der Waals surface area contributed by atoms with Crippen molar-refractivity contribution < 1.29 is 18.8 Å². The fourth-order valence-electron chi connectivity index (χ4n) is 7.43. The van der Waals surface area contributed by atoms with E-state index in [1.165, 1.54) is 17.5 Å². The zero-order chi connectivity index (χ0) is 34.5. The molecule has 48 heavy (non-hydrogen) atoms. The van der Waals surface area contributed by atoms with Crippen LogP contribution in [0.2, 0.25) is 15.1 Å². The van der Waals surface area contributed by atoms with Gasteiger partial charge in [-0.15, -0.1) is 0 Å². The number of esters is 1. The molecular formula is C40H45Cl2NO4Si. The summed E-state index contributed by atoms with van der Waals surface area (Å²) in [6, 6.07) is 36.0. The predicted octanol–water partition coefficient (Wildman–Crippen LogP) is 8.59. The van der Waals surface area contributed by atoms with Gasteiger partial charge in [-0.25, -0.2) is 0 Å². The van der Waals surface area contributed by atoms with Gasteiger partial charge >= 0.3 is 5.97 Å². The number of piperidine rings is 1. The van der Waals surface area contributed by atoms with Crippen molar-refractivity contribution in [3.05, 3.63) is 130 Å². The van der Waals surface area contributed by atoms with Crippen LogP contribution in [0, 0.1) is 5.92 Å². The highest BCUT2D eigenvalue weighted by Gasteiger charge is 2.52. The molecule has 1 heterocycles. The molecule has 1 amide bonds. The number of amides is 1. The average Bonchev–Trinajstić information content (AvgIpc) is 3.08. The molecule has 5 rings (SSSR count). The Morgan fingerprint density at radius 3 is 1.98 bits per heavy atom. The molecule has 252 valence electrons. The van der Waals surface area contributed by atoms with E-state index in [0.29, 0.717) is 29.5 Å². The van der Waals surface area contributed by atoms with E-state index in [9.17, 15) is 9.59 Å². The second kappa shape index (κ2) is 15.4. The van der Waals surface area contributed by atoms with Crippen LogP contribution in [0.5, 0.6) is 0 Å². The molecular weight excluding hydrogens is 657 g/mol. The summed E-state index contributed by atoms with van der Waals surface area (Å²) >= 11 is 12.9. The van der Waals surface area contributed by atoms with E-state index in [1.807, 2.05) is 59.5 Å². The number of benzene rings is 4. The fraction of sp³-hybridized carbons (Fsp3) is 0.350. The summed E-state index contributed by atoms with van der Waals surface area (Å²) in [5.74, 6) is -1.18. The number of nitrogens with zero attached hydrogens (tertiary/aromatic N) is 1. The number of rotatable bonds is 11. The highest BCUT2D eigenvalue weighted by molar-refractivity contribution is 6.99. The normalized spacial score (nSPS) is 19.2. The van der Waals surface area contributed by atoms with Crippen molar-refractivity contribution in [3.8, 4) is 0 Å². The number of carbonyl (C=O) groups excluding carboxylic acids is 2. The molecule has 1 saturated heterocycles. The molecule has 0 unspecified atom stereocenters. The maximum Gasteiger partial charge on any atom is 0.306 e. The van der Waals surface area contributed by atoms with Gasteiger partial charge in [0.1, 0.15) is 0 Å². The third kappa shape index (κ3) is 7.42. The minimum absolute atomic E-state index is 0.00222. The van der Waals surface area contributed by atoms with Crippen molar-refractivity contribution in [3.63, 3.8) is 0 Å². The minimum atomic E-state index is -2.91. The van der Waals surface area contributed by atoms with Gasteiger partial charge in [0.15, 0.2) is 0 Å². The van der Waals surface area contributed by atoms with E-state index in [2.05, 4.69) is 82.3 Å². The average molecular weight is 703 g/mol. The van der Waals surface area contributed by atoms with Crippen LogP contribution in [0.4, 0.5) is 0 Å². The minimum Gasteiger partial charge on any atom is -0.469 e. The molecule has 1 aliphatic heterocycles. The highest BCUT2D eigenvalue weighted by Crippen LogP contribution is 2.48. The fourth-order valence-corrected chi connectivity index (χ4v) is 12.3. The van der Waals surface area contributed by atoms with Gasteiger partial charge in [-0.2, -0.15) is 0 Å². The Morgan fingerprint density at radius 2 is 1.46 bits per heavy atom. The van der Waals surface area contributed by atoms with Gasteiger partial charge in [-0.3, -0.25) is 9.59 Å². The van der Waals surface area contributed by atoms with Crippen molar-refractivity contribution in [2.45, 2.75) is 70.0 Å². The summed E-state index contributed by atoms with van der Waals surface area (Å²) in [4.78, 5) is 29.4. The number of methoxy groups -OCH3 is 1. The maximum absolute atomic E-state index is 14.8. The third-order valence-electron chi connectivity index (χ3n) is 9.73. The molecule has 5 nitrogen and oxygen atoms in total. The standard InChI is InChI=1S/C40H45Cl2NO4Si/c1-6-33(27-47-48(40(2,3)4,34-16-9-7-10-17-34)35-18-11-8-12-19-35)43-38(28-20-22-31(41)23-21-28)36(29-14-13-15-32(42)24-29)25-30(39(43)45)26-37(44)46-5/h7-24,30,33,36,38H,6,25-27H2,1-5H3/t30-,33-,36+,38+/m0/s1. The van der Waals surface area contributed by atoms with Crippen LogP contribution in [0.1, 0.15) is 70.0 Å². The van der Waals surface area contributed by atoms with E-state index in [0.717, 1.165) is 11.1 Å². The lowest BCUT2D eigenvalue weighted by molar-refractivity contribution is -0.154. The van der Waals surface area contributed by atoms with E-state index in [-0.39, 0.29) is 35.4 Å². The van der Waals surface area contributed by atoms with Crippen LogP contribution in [-0.4, -0.2) is 44.9 Å². The molecule has 1 aliphatic rings. The number of carbonyl (C=O) groups is 2. The van der Waals surface area contributed by atoms with Crippen LogP contribution >= 0.6 is 23.2 Å². The number of ether oxygens (including phenoxy) is 1. The number of likely N-dealkylation sites (tertiary alicyclic amines) is 1. The molecule has 0 spiro atoms. The van der Waals surface area contributed by atoms with E-state index in [1.54, 1.807) is 0 Å². The summed E-state index contributed by atoms with van der Waals surface area (Å²) < 4.78 is 12.5. The van der Waals surface area contributed by atoms with Crippen molar-refractivity contribution in [1.29, 1.82) is 0 Å². The van der Waals surface area contributed by atoms with Crippen LogP contribution < -0.4 is 10.4 Å². The molecule has 0 radical (unpaired) electrons. The first-order valence-electron chi connectivity index (χ1n) is 16.6. The zero-order valence-electron chi connectivity index (χ0n) is 28.4. The van der Waals surface area contributed by atoms with Gasteiger partial charge in [0.2, 0.25) is 5.91 Å². The monoisotopic (exact) mass is 701 g/mol. The van der Waals surface area contributed by atoms with Gasteiger partial charge in [-0.1, -0.05) is 136 Å². The maximum atomic E-state index is 14.8. The van der Waals surface area contributed by atoms with Crippen molar-refractivity contribution in [2.24, 2.45) is 5.92 Å². The highest BCUT2D eigenvalue weighted by atomic mass is 35.5. The SMILES string of the molecule is CC[C@@H](CO[Si](c1ccccc1)(c1ccccc1)C(C)(C)C)N1C(=O)[C@H](CC(=O)OC)C[C@H](c2cccc(Cl)c2)[C@H]1c1ccc(Cl)cc1. The van der Waals surface area contributed by atoms with Crippen LogP contribution in [0.15, 0.2) is 109 Å². The molecule has 4 aromatic carbocycles. The summed E-state index contributed by atoms with van der Waals surface area (Å²) in [5, 5.41) is 3.37. The van der Waals surface area contributed by atoms with E-state index in [4.69, 9.17) is 32.4 Å². The first-order chi connectivity index (χ1) is 23.0. The summed E-state index contributed by atoms with van der Waals surface area (Å²) in [5.41, 5.74) is 1.98. The Kier molecular flexibility index (Phi) is 11.5. The zero-order valence-corrected chi connectivity index (χ0v) is 30.9. The van der Waals surface area contributed by atoms with Crippen molar-refractivity contribution in [1.82, 2.24) is 4.90 Å². The van der Waals surface area contributed by atoms with E-state index >= 15 is 0 Å². The molecule has 0 N–H and O–H groups in total. The quantitative estimate of drug-likeness (QED) is 0.116. The van der Waals surface area contributed by atoms with Gasteiger partial charge in [0.05, 0.1) is 32.2 Å². The first kappa shape index (κ1) is 35.9. The van der Waals surface area contributed by atoms with Crippen LogP contribution in [-0.2, 0) is 18.8 Å². The Hall–Kier alpha value is -3.42. The second-order valence-electron chi connectivity index (χ2n) is 13.7. The predicted molar refractivity (Wildman–Crippen MR) is 198 cm³/mol. The second-order valence-corrected chi connectivity index (χ2v) is 18.8. The number of hydrogen-bond acceptors (Lipinski definition) is 4. The summed E-state index contributed by atoms with van der Waals surface area (Å²) in [7, 11) is -1.54. The Bertz CT molecular complexity index is 1640. The largest absolute Gasteiger partial charge is 0.469 e. The topological polar surface area (TPSA) is 55.8 Å². The van der Waals surface area contributed by atoms with Gasteiger partial charge in [-0.05, 0) is 63.6 Å². The molecule has 8 heteroatoms. The molecule has 0 saturated carbocycles. The smallest absolute Gasteiger partial charge is 0.306 e. The molecule has 1 fully saturated rings. The van der Waals surface area contributed by atoms with Gasteiger partial charge < -0.3 is 14.1 Å². The van der Waals surface area contributed by atoms with Crippen molar-refractivity contribution in [2.75, 3.05) is 13.7 Å². The van der Waals surface area contributed by atoms with Gasteiger partial charge in [0.25, 0.3) is 8.32 Å². The lowest BCUT2D eigenvalue weighted by Crippen LogP contribution is -2.67. The lowest BCUT2D eigenvalue weighted by Gasteiger charge is -2.50. The van der Waals surface area contributed by atoms with Crippen molar-refractivity contribution >= 4 is 53.8 Å². The van der Waals surface area contributed by atoms with E-state index < -0.39 is 20.2 Å². The molecule has 4 aromatic rings. The van der Waals surface area contributed by atoms with Gasteiger partial charge in [0, 0.05) is 21.9 Å². The van der Waals surface area contributed by atoms with Crippen LogP contribution in [0.25, 0.3) is 0 Å². The first-order valence-corrected chi connectivity index (χ1v) is 19.3. The molecule has 0 aromatic heterocycles. The Balaban J connectivity index is 1.65.